The van der Waals surface area contributed by atoms with Crippen molar-refractivity contribution >= 4 is 63.9 Å². The summed E-state index contributed by atoms with van der Waals surface area (Å²) in [4.78, 5) is 46.8. The van der Waals surface area contributed by atoms with Crippen LogP contribution in [0.2, 0.25) is 5.28 Å². The maximum Gasteiger partial charge on any atom is 0.294 e. The van der Waals surface area contributed by atoms with Crippen molar-refractivity contribution in [3.05, 3.63) is 76.3 Å². The van der Waals surface area contributed by atoms with Crippen LogP contribution in [0.5, 0.6) is 11.6 Å². The van der Waals surface area contributed by atoms with Gasteiger partial charge in [0, 0.05) is 10.6 Å². The summed E-state index contributed by atoms with van der Waals surface area (Å²) >= 11 is 7.93. The van der Waals surface area contributed by atoms with E-state index in [0.717, 1.165) is 27.8 Å². The van der Waals surface area contributed by atoms with E-state index in [4.69, 9.17) is 16.3 Å². The molecule has 0 radical (unpaired) electrons. The second-order valence-electron chi connectivity index (χ2n) is 7.01. The number of aromatic nitrogens is 2. The number of anilines is 1. The molecule has 1 aliphatic heterocycles. The molecule has 1 aliphatic rings. The van der Waals surface area contributed by atoms with E-state index in [2.05, 4.69) is 15.3 Å². The van der Waals surface area contributed by atoms with Crippen molar-refractivity contribution in [3.8, 4) is 11.6 Å². The molecule has 35 heavy (non-hydrogen) atoms. The number of halogens is 2. The first kappa shape index (κ1) is 24.7. The number of carbonyl (C=O) groups is 3. The highest BCUT2D eigenvalue weighted by Gasteiger charge is 2.36. The minimum Gasteiger partial charge on any atom is -0.436 e. The number of amides is 3. The van der Waals surface area contributed by atoms with E-state index in [9.17, 15) is 18.8 Å². The topological polar surface area (TPSA) is 101 Å². The highest BCUT2D eigenvalue weighted by Crippen LogP contribution is 2.33. The fourth-order valence-corrected chi connectivity index (χ4v) is 4.44. The van der Waals surface area contributed by atoms with Crippen molar-refractivity contribution in [2.75, 3.05) is 18.1 Å². The molecule has 0 saturated carbocycles. The van der Waals surface area contributed by atoms with E-state index >= 15 is 0 Å². The lowest BCUT2D eigenvalue weighted by atomic mass is 10.2. The van der Waals surface area contributed by atoms with Crippen molar-refractivity contribution in [3.63, 3.8) is 0 Å². The first-order valence-electron chi connectivity index (χ1n) is 9.97. The molecule has 178 valence electrons. The maximum atomic E-state index is 13.9. The van der Waals surface area contributed by atoms with E-state index in [1.807, 2.05) is 12.3 Å². The van der Waals surface area contributed by atoms with Gasteiger partial charge in [-0.3, -0.25) is 19.3 Å². The summed E-state index contributed by atoms with van der Waals surface area (Å²) in [5, 5.41) is 1.96. The predicted molar refractivity (Wildman–Crippen MR) is 133 cm³/mol. The second-order valence-corrected chi connectivity index (χ2v) is 9.23. The monoisotopic (exact) mass is 530 g/mol. The summed E-state index contributed by atoms with van der Waals surface area (Å²) in [5.74, 6) is -1.99. The highest BCUT2D eigenvalue weighted by atomic mass is 35.5. The zero-order valence-corrected chi connectivity index (χ0v) is 20.4. The summed E-state index contributed by atoms with van der Waals surface area (Å²) in [7, 11) is 0. The van der Waals surface area contributed by atoms with Gasteiger partial charge >= 0.3 is 0 Å². The van der Waals surface area contributed by atoms with E-state index in [-0.39, 0.29) is 21.8 Å². The Labute approximate surface area is 212 Å². The zero-order valence-electron chi connectivity index (χ0n) is 18.0. The number of carbonyl (C=O) groups excluding carboxylic acids is 3. The maximum absolute atomic E-state index is 13.9. The Hall–Kier alpha value is -3.41. The molecule has 4 rings (SSSR count). The predicted octanol–water partition coefficient (Wildman–Crippen LogP) is 5.46. The molecule has 2 heterocycles. The number of benzene rings is 2. The van der Waals surface area contributed by atoms with Crippen molar-refractivity contribution < 1.29 is 23.5 Å². The van der Waals surface area contributed by atoms with E-state index in [0.29, 0.717) is 11.3 Å². The average Bonchev–Trinajstić information content (AvgIpc) is 3.09. The Morgan fingerprint density at radius 2 is 2.06 bits per heavy atom. The van der Waals surface area contributed by atoms with E-state index in [1.54, 1.807) is 36.4 Å². The van der Waals surface area contributed by atoms with Crippen LogP contribution in [0.15, 0.2) is 64.5 Å². The fourth-order valence-electron chi connectivity index (χ4n) is 3.01. The number of ether oxygens (including phenoxy) is 1. The molecule has 8 nitrogen and oxygen atoms in total. The molecule has 1 saturated heterocycles. The SMILES string of the molecule is CSc1cccc(NC(=O)CN2C(=O)S/C(=C/c3cccc(Oc4nc(Cl)ncc4F)c3)C2=O)c1. The van der Waals surface area contributed by atoms with Crippen molar-refractivity contribution in [2.45, 2.75) is 4.90 Å². The summed E-state index contributed by atoms with van der Waals surface area (Å²) in [5.41, 5.74) is 1.09. The number of thioether (sulfide) groups is 2. The van der Waals surface area contributed by atoms with Crippen molar-refractivity contribution in [2.24, 2.45) is 0 Å². The lowest BCUT2D eigenvalue weighted by Crippen LogP contribution is -2.36. The van der Waals surface area contributed by atoms with Gasteiger partial charge in [0.15, 0.2) is 0 Å². The van der Waals surface area contributed by atoms with Crippen LogP contribution in [-0.2, 0) is 9.59 Å². The summed E-state index contributed by atoms with van der Waals surface area (Å²) in [6.45, 7) is -0.414. The third-order valence-corrected chi connectivity index (χ3v) is 6.40. The molecule has 0 aliphatic carbocycles. The van der Waals surface area contributed by atoms with Crippen LogP contribution in [0.25, 0.3) is 6.08 Å². The Morgan fingerprint density at radius 3 is 2.86 bits per heavy atom. The molecule has 3 aromatic rings. The first-order chi connectivity index (χ1) is 16.8. The molecule has 0 bridgehead atoms. The van der Waals surface area contributed by atoms with Gasteiger partial charge < -0.3 is 10.1 Å². The van der Waals surface area contributed by atoms with E-state index < -0.39 is 29.4 Å². The van der Waals surface area contributed by atoms with Crippen molar-refractivity contribution in [1.29, 1.82) is 0 Å². The standard InChI is InChI=1S/C23H16ClFN4O4S2/c1-34-16-7-3-5-14(10-16)27-19(30)12-29-21(31)18(35-23(29)32)9-13-4-2-6-15(8-13)33-20-17(25)11-26-22(24)28-20/h2-11H,12H2,1H3,(H,27,30)/b18-9+. The minimum atomic E-state index is -0.792. The Balaban J connectivity index is 1.45. The average molecular weight is 531 g/mol. The van der Waals surface area contributed by atoms with Gasteiger partial charge in [-0.2, -0.15) is 9.37 Å². The van der Waals surface area contributed by atoms with E-state index in [1.165, 1.54) is 23.9 Å². The molecule has 1 N–H and O–H groups in total. The molecule has 12 heteroatoms. The summed E-state index contributed by atoms with van der Waals surface area (Å²) in [6.07, 6.45) is 4.29. The molecule has 0 spiro atoms. The van der Waals surface area contributed by atoms with Crippen LogP contribution in [0.4, 0.5) is 14.9 Å². The summed E-state index contributed by atoms with van der Waals surface area (Å²) in [6, 6.07) is 13.6. The first-order valence-corrected chi connectivity index (χ1v) is 12.4. The Bertz CT molecular complexity index is 1350. The van der Waals surface area contributed by atoms with Crippen molar-refractivity contribution in [1.82, 2.24) is 14.9 Å². The molecule has 0 unspecified atom stereocenters. The van der Waals surface area contributed by atoms with Gasteiger partial charge in [-0.15, -0.1) is 11.8 Å². The quantitative estimate of drug-likeness (QED) is 0.244. The number of nitrogens with one attached hydrogen (secondary N) is 1. The van der Waals surface area contributed by atoms with Gasteiger partial charge in [-0.25, -0.2) is 4.98 Å². The zero-order chi connectivity index (χ0) is 24.9. The van der Waals surface area contributed by atoms with Crippen LogP contribution in [0, 0.1) is 5.82 Å². The Kier molecular flexibility index (Phi) is 7.69. The number of nitrogens with zero attached hydrogens (tertiary/aromatic N) is 3. The largest absolute Gasteiger partial charge is 0.436 e. The van der Waals surface area contributed by atoms with Gasteiger partial charge in [0.25, 0.3) is 17.0 Å². The second kappa shape index (κ2) is 10.9. The number of hydrogen-bond acceptors (Lipinski definition) is 8. The minimum absolute atomic E-state index is 0.139. The molecular formula is C23H16ClFN4O4S2. The molecule has 1 fully saturated rings. The van der Waals surface area contributed by atoms with Crippen LogP contribution < -0.4 is 10.1 Å². The van der Waals surface area contributed by atoms with Gasteiger partial charge in [0.2, 0.25) is 17.0 Å². The van der Waals surface area contributed by atoms with Gasteiger partial charge in [0.05, 0.1) is 11.1 Å². The highest BCUT2D eigenvalue weighted by molar-refractivity contribution is 8.18. The normalized spacial score (nSPS) is 14.5. The van der Waals surface area contributed by atoms with Gasteiger partial charge in [0.1, 0.15) is 12.3 Å². The number of hydrogen-bond donors (Lipinski definition) is 1. The Morgan fingerprint density at radius 1 is 1.26 bits per heavy atom. The molecule has 2 aromatic carbocycles. The third kappa shape index (κ3) is 6.18. The van der Waals surface area contributed by atoms with Crippen LogP contribution in [0.3, 0.4) is 0 Å². The third-order valence-electron chi connectivity index (χ3n) is 4.58. The van der Waals surface area contributed by atoms with Gasteiger partial charge in [-0.1, -0.05) is 18.2 Å². The lowest BCUT2D eigenvalue weighted by Gasteiger charge is -2.12. The van der Waals surface area contributed by atoms with Crippen LogP contribution in [-0.4, -0.2) is 44.7 Å². The van der Waals surface area contributed by atoms with Crippen LogP contribution in [0.1, 0.15) is 5.56 Å². The van der Waals surface area contributed by atoms with Gasteiger partial charge in [-0.05, 0) is 71.6 Å². The summed E-state index contributed by atoms with van der Waals surface area (Å²) < 4.78 is 19.3. The molecular weight excluding hydrogens is 515 g/mol. The number of rotatable bonds is 7. The molecule has 3 amide bonds. The molecule has 0 atom stereocenters. The smallest absolute Gasteiger partial charge is 0.294 e. The van der Waals surface area contributed by atoms with Crippen LogP contribution >= 0.6 is 35.1 Å². The lowest BCUT2D eigenvalue weighted by molar-refractivity contribution is -0.127. The fraction of sp³-hybridized carbons (Fsp3) is 0.0870. The number of imide groups is 1. The molecule has 1 aromatic heterocycles.